The lowest BCUT2D eigenvalue weighted by Gasteiger charge is -2.18. The Kier molecular flexibility index (Phi) is 5.76. The van der Waals surface area contributed by atoms with E-state index in [1.54, 1.807) is 0 Å². The van der Waals surface area contributed by atoms with Crippen molar-refractivity contribution in [3.63, 3.8) is 0 Å². The van der Waals surface area contributed by atoms with Gasteiger partial charge in [-0.1, -0.05) is 44.2 Å². The molecule has 0 radical (unpaired) electrons. The molecule has 13 heavy (non-hydrogen) atoms. The van der Waals surface area contributed by atoms with Crippen LogP contribution in [0.3, 0.4) is 0 Å². The van der Waals surface area contributed by atoms with Crippen molar-refractivity contribution >= 4 is 12.4 Å². The standard InChI is InChI=1S/C11H17N.ClH/c1-9(2)11(8-12)10-6-4-3-5-7-10;/h3-7,9,11H,8,12H2,1-2H3;1H. The molecule has 0 saturated carbocycles. The van der Waals surface area contributed by atoms with Crippen LogP contribution in [0.5, 0.6) is 0 Å². The maximum absolute atomic E-state index is 5.71. The summed E-state index contributed by atoms with van der Waals surface area (Å²) in [5.41, 5.74) is 7.06. The van der Waals surface area contributed by atoms with Crippen molar-refractivity contribution in [3.8, 4) is 0 Å². The van der Waals surface area contributed by atoms with Crippen LogP contribution in [0.2, 0.25) is 0 Å². The Morgan fingerprint density at radius 1 is 1.15 bits per heavy atom. The van der Waals surface area contributed by atoms with E-state index in [-0.39, 0.29) is 12.4 Å². The minimum absolute atomic E-state index is 0. The highest BCUT2D eigenvalue weighted by Gasteiger charge is 2.12. The highest BCUT2D eigenvalue weighted by atomic mass is 35.5. The van der Waals surface area contributed by atoms with E-state index in [9.17, 15) is 0 Å². The van der Waals surface area contributed by atoms with Crippen molar-refractivity contribution in [2.45, 2.75) is 19.8 Å². The minimum atomic E-state index is 0. The van der Waals surface area contributed by atoms with E-state index < -0.39 is 0 Å². The Labute approximate surface area is 86.7 Å². The van der Waals surface area contributed by atoms with E-state index in [0.29, 0.717) is 11.8 Å². The molecule has 0 aliphatic rings. The predicted octanol–water partition coefficient (Wildman–Crippen LogP) is 2.81. The zero-order valence-electron chi connectivity index (χ0n) is 8.23. The van der Waals surface area contributed by atoms with Gasteiger partial charge in [-0.25, -0.2) is 0 Å². The van der Waals surface area contributed by atoms with Crippen molar-refractivity contribution in [2.24, 2.45) is 11.7 Å². The minimum Gasteiger partial charge on any atom is -0.330 e. The molecule has 2 N–H and O–H groups in total. The topological polar surface area (TPSA) is 26.0 Å². The summed E-state index contributed by atoms with van der Waals surface area (Å²) in [4.78, 5) is 0. The van der Waals surface area contributed by atoms with Gasteiger partial charge in [0.15, 0.2) is 0 Å². The van der Waals surface area contributed by atoms with Gasteiger partial charge >= 0.3 is 0 Å². The molecule has 2 heteroatoms. The summed E-state index contributed by atoms with van der Waals surface area (Å²) in [6.07, 6.45) is 0. The molecule has 0 aliphatic carbocycles. The lowest BCUT2D eigenvalue weighted by molar-refractivity contribution is 0.506. The molecule has 0 amide bonds. The summed E-state index contributed by atoms with van der Waals surface area (Å²) in [5.74, 6) is 1.13. The van der Waals surface area contributed by atoms with Crippen molar-refractivity contribution in [1.29, 1.82) is 0 Å². The summed E-state index contributed by atoms with van der Waals surface area (Å²) in [7, 11) is 0. The monoisotopic (exact) mass is 199 g/mol. The van der Waals surface area contributed by atoms with Gasteiger partial charge in [0.25, 0.3) is 0 Å². The van der Waals surface area contributed by atoms with E-state index >= 15 is 0 Å². The Balaban J connectivity index is 0.00000144. The zero-order chi connectivity index (χ0) is 8.97. The van der Waals surface area contributed by atoms with Crippen LogP contribution in [0, 0.1) is 5.92 Å². The lowest BCUT2D eigenvalue weighted by Crippen LogP contribution is -2.17. The fraction of sp³-hybridized carbons (Fsp3) is 0.455. The SMILES string of the molecule is CC(C)C(CN)c1ccccc1.Cl. The summed E-state index contributed by atoms with van der Waals surface area (Å²) >= 11 is 0. The largest absolute Gasteiger partial charge is 0.330 e. The van der Waals surface area contributed by atoms with Crippen molar-refractivity contribution in [2.75, 3.05) is 6.54 Å². The summed E-state index contributed by atoms with van der Waals surface area (Å²) in [5, 5.41) is 0. The quantitative estimate of drug-likeness (QED) is 0.796. The van der Waals surface area contributed by atoms with E-state index in [0.717, 1.165) is 6.54 Å². The second kappa shape index (κ2) is 6.01. The highest BCUT2D eigenvalue weighted by molar-refractivity contribution is 5.85. The third kappa shape index (κ3) is 3.37. The normalized spacial score (nSPS) is 12.3. The van der Waals surface area contributed by atoms with Gasteiger partial charge in [0, 0.05) is 0 Å². The average Bonchev–Trinajstić information content (AvgIpc) is 2.07. The fourth-order valence-electron chi connectivity index (χ4n) is 1.49. The molecule has 0 aliphatic heterocycles. The molecule has 1 unspecified atom stereocenters. The molecule has 1 rings (SSSR count). The molecule has 0 bridgehead atoms. The maximum Gasteiger partial charge on any atom is -0.000577 e. The molecule has 1 aromatic rings. The maximum atomic E-state index is 5.71. The average molecular weight is 200 g/mol. The lowest BCUT2D eigenvalue weighted by atomic mass is 9.89. The van der Waals surface area contributed by atoms with Crippen LogP contribution in [-0.4, -0.2) is 6.54 Å². The third-order valence-corrected chi connectivity index (χ3v) is 2.29. The fourth-order valence-corrected chi connectivity index (χ4v) is 1.49. The van der Waals surface area contributed by atoms with E-state index in [4.69, 9.17) is 5.73 Å². The molecule has 0 heterocycles. The predicted molar refractivity (Wildman–Crippen MR) is 60.3 cm³/mol. The van der Waals surface area contributed by atoms with Crippen LogP contribution in [0.25, 0.3) is 0 Å². The number of hydrogen-bond acceptors (Lipinski definition) is 1. The Hall–Kier alpha value is -0.530. The van der Waals surface area contributed by atoms with E-state index in [1.807, 2.05) is 6.07 Å². The van der Waals surface area contributed by atoms with Crippen molar-refractivity contribution in [3.05, 3.63) is 35.9 Å². The second-order valence-corrected chi connectivity index (χ2v) is 3.50. The van der Waals surface area contributed by atoms with Crippen LogP contribution >= 0.6 is 12.4 Å². The van der Waals surface area contributed by atoms with Crippen molar-refractivity contribution in [1.82, 2.24) is 0 Å². The van der Waals surface area contributed by atoms with Gasteiger partial charge in [0.1, 0.15) is 0 Å². The first kappa shape index (κ1) is 12.5. The number of halogens is 1. The molecule has 1 aromatic carbocycles. The highest BCUT2D eigenvalue weighted by Crippen LogP contribution is 2.22. The molecule has 0 aromatic heterocycles. The molecular weight excluding hydrogens is 182 g/mol. The number of hydrogen-bond donors (Lipinski definition) is 1. The molecule has 1 atom stereocenters. The summed E-state index contributed by atoms with van der Waals surface area (Å²) in [6.45, 7) is 5.16. The molecule has 0 spiro atoms. The van der Waals surface area contributed by atoms with Crippen molar-refractivity contribution < 1.29 is 0 Å². The number of benzene rings is 1. The van der Waals surface area contributed by atoms with E-state index in [1.165, 1.54) is 5.56 Å². The smallest absolute Gasteiger partial charge is 0.000577 e. The third-order valence-electron chi connectivity index (χ3n) is 2.29. The second-order valence-electron chi connectivity index (χ2n) is 3.50. The first-order valence-corrected chi connectivity index (χ1v) is 4.50. The number of nitrogens with two attached hydrogens (primary N) is 1. The zero-order valence-corrected chi connectivity index (χ0v) is 9.05. The Morgan fingerprint density at radius 2 is 1.69 bits per heavy atom. The van der Waals surface area contributed by atoms with Crippen LogP contribution in [0.15, 0.2) is 30.3 Å². The van der Waals surface area contributed by atoms with Gasteiger partial charge in [-0.15, -0.1) is 12.4 Å². The first-order valence-electron chi connectivity index (χ1n) is 4.50. The van der Waals surface area contributed by atoms with Gasteiger partial charge in [-0.05, 0) is 23.9 Å². The molecule has 1 nitrogen and oxygen atoms in total. The summed E-state index contributed by atoms with van der Waals surface area (Å²) in [6, 6.07) is 10.5. The molecule has 0 fully saturated rings. The Bertz CT molecular complexity index is 221. The van der Waals surface area contributed by atoms with Gasteiger partial charge in [0.05, 0.1) is 0 Å². The van der Waals surface area contributed by atoms with Gasteiger partial charge in [-0.2, -0.15) is 0 Å². The van der Waals surface area contributed by atoms with Gasteiger partial charge < -0.3 is 5.73 Å². The molecule has 0 saturated heterocycles. The van der Waals surface area contributed by atoms with Crippen LogP contribution in [0.1, 0.15) is 25.3 Å². The van der Waals surface area contributed by atoms with Gasteiger partial charge in [0.2, 0.25) is 0 Å². The van der Waals surface area contributed by atoms with Crippen LogP contribution < -0.4 is 5.73 Å². The Morgan fingerprint density at radius 3 is 2.08 bits per heavy atom. The first-order chi connectivity index (χ1) is 5.75. The molecular formula is C11H18ClN. The van der Waals surface area contributed by atoms with Gasteiger partial charge in [-0.3, -0.25) is 0 Å². The molecule has 74 valence electrons. The van der Waals surface area contributed by atoms with Crippen LogP contribution in [0.4, 0.5) is 0 Å². The van der Waals surface area contributed by atoms with Crippen LogP contribution in [-0.2, 0) is 0 Å². The number of rotatable bonds is 3. The van der Waals surface area contributed by atoms with E-state index in [2.05, 4.69) is 38.1 Å². The summed E-state index contributed by atoms with van der Waals surface area (Å²) < 4.78 is 0.